The lowest BCUT2D eigenvalue weighted by Crippen LogP contribution is -2.22. The van der Waals surface area contributed by atoms with E-state index in [0.29, 0.717) is 6.04 Å². The summed E-state index contributed by atoms with van der Waals surface area (Å²) < 4.78 is 35.4. The Balaban J connectivity index is 3.75. The standard InChI is InChI=1S/C7H13Cl2F3Si/c1-2-3-5-13(8,9)6-4-7(10,11)12/h2-6H2,1H3. The van der Waals surface area contributed by atoms with Gasteiger partial charge in [0.25, 0.3) is 6.69 Å². The van der Waals surface area contributed by atoms with Crippen LogP contribution in [0.1, 0.15) is 26.2 Å². The van der Waals surface area contributed by atoms with Crippen LogP contribution in [-0.2, 0) is 0 Å². The van der Waals surface area contributed by atoms with Crippen molar-refractivity contribution in [3.05, 3.63) is 0 Å². The van der Waals surface area contributed by atoms with E-state index < -0.39 is 19.3 Å². The predicted molar refractivity (Wildman–Crippen MR) is 52.7 cm³/mol. The molecule has 0 heterocycles. The molecule has 0 aromatic heterocycles. The molecule has 0 aliphatic heterocycles. The van der Waals surface area contributed by atoms with Crippen LogP contribution in [0, 0.1) is 0 Å². The summed E-state index contributed by atoms with van der Waals surface area (Å²) in [4.78, 5) is 0. The van der Waals surface area contributed by atoms with Gasteiger partial charge in [-0.25, -0.2) is 0 Å². The summed E-state index contributed by atoms with van der Waals surface area (Å²) in [5.74, 6) is 0. The van der Waals surface area contributed by atoms with Gasteiger partial charge in [-0.1, -0.05) is 19.8 Å². The summed E-state index contributed by atoms with van der Waals surface area (Å²) in [5.41, 5.74) is 0. The molecule has 0 spiro atoms. The second kappa shape index (κ2) is 5.46. The van der Waals surface area contributed by atoms with Crippen LogP contribution in [-0.4, -0.2) is 12.9 Å². The summed E-state index contributed by atoms with van der Waals surface area (Å²) in [6, 6.07) is 0.475. The molecule has 0 rings (SSSR count). The molecule has 0 amide bonds. The molecule has 80 valence electrons. The summed E-state index contributed by atoms with van der Waals surface area (Å²) in [6.45, 7) is -0.649. The molecular weight excluding hydrogens is 240 g/mol. The van der Waals surface area contributed by atoms with Crippen molar-refractivity contribution in [2.45, 2.75) is 44.5 Å². The van der Waals surface area contributed by atoms with E-state index in [1.54, 1.807) is 0 Å². The average Bonchev–Trinajstić information content (AvgIpc) is 1.97. The molecule has 0 saturated carbocycles. The van der Waals surface area contributed by atoms with Crippen LogP contribution >= 0.6 is 22.2 Å². The van der Waals surface area contributed by atoms with Gasteiger partial charge in [0.15, 0.2) is 0 Å². The highest BCUT2D eigenvalue weighted by molar-refractivity contribution is 7.45. The van der Waals surface area contributed by atoms with Crippen LogP contribution in [0.5, 0.6) is 0 Å². The van der Waals surface area contributed by atoms with Gasteiger partial charge in [-0.05, 0) is 12.1 Å². The largest absolute Gasteiger partial charge is 0.388 e. The number of unbranched alkanes of at least 4 members (excludes halogenated alkanes) is 1. The van der Waals surface area contributed by atoms with Crippen molar-refractivity contribution in [1.29, 1.82) is 0 Å². The predicted octanol–water partition coefficient (Wildman–Crippen LogP) is 4.66. The Bertz CT molecular complexity index is 147. The zero-order valence-corrected chi connectivity index (χ0v) is 9.94. The Morgan fingerprint density at radius 2 is 1.69 bits per heavy atom. The molecule has 0 aromatic rings. The van der Waals surface area contributed by atoms with Crippen molar-refractivity contribution in [2.24, 2.45) is 0 Å². The Hall–Kier alpha value is 0.587. The number of halogens is 5. The van der Waals surface area contributed by atoms with E-state index in [1.165, 1.54) is 0 Å². The third-order valence-corrected chi connectivity index (χ3v) is 6.00. The Morgan fingerprint density at radius 3 is 2.08 bits per heavy atom. The molecule has 0 bridgehead atoms. The van der Waals surface area contributed by atoms with Gasteiger partial charge in [0.2, 0.25) is 0 Å². The summed E-state index contributed by atoms with van der Waals surface area (Å²) in [6.07, 6.45) is -3.25. The fraction of sp³-hybridized carbons (Fsp3) is 1.00. The summed E-state index contributed by atoms with van der Waals surface area (Å²) >= 11 is 11.7. The van der Waals surface area contributed by atoms with Gasteiger partial charge in [-0.3, -0.25) is 0 Å². The maximum Gasteiger partial charge on any atom is 0.388 e. The van der Waals surface area contributed by atoms with Gasteiger partial charge in [0.05, 0.1) is 0 Å². The fourth-order valence-electron chi connectivity index (χ4n) is 0.885. The average molecular weight is 253 g/mol. The van der Waals surface area contributed by atoms with Gasteiger partial charge in [0, 0.05) is 6.42 Å². The van der Waals surface area contributed by atoms with Crippen molar-refractivity contribution in [1.82, 2.24) is 0 Å². The van der Waals surface area contributed by atoms with Crippen LogP contribution in [0.25, 0.3) is 0 Å². The highest BCUT2D eigenvalue weighted by Crippen LogP contribution is 2.33. The van der Waals surface area contributed by atoms with Crippen LogP contribution in [0.15, 0.2) is 0 Å². The molecule has 0 aliphatic rings. The van der Waals surface area contributed by atoms with E-state index in [2.05, 4.69) is 0 Å². The van der Waals surface area contributed by atoms with Crippen molar-refractivity contribution in [3.63, 3.8) is 0 Å². The van der Waals surface area contributed by atoms with Crippen molar-refractivity contribution in [2.75, 3.05) is 0 Å². The first-order valence-electron chi connectivity index (χ1n) is 4.21. The van der Waals surface area contributed by atoms with E-state index in [-0.39, 0.29) is 6.04 Å². The van der Waals surface area contributed by atoms with Gasteiger partial charge in [-0.2, -0.15) is 13.2 Å². The first-order chi connectivity index (χ1) is 5.77. The third kappa shape index (κ3) is 8.90. The smallest absolute Gasteiger partial charge is 0.171 e. The number of alkyl halides is 3. The van der Waals surface area contributed by atoms with Gasteiger partial charge in [-0.15, -0.1) is 22.2 Å². The van der Waals surface area contributed by atoms with Crippen LogP contribution in [0.2, 0.25) is 12.1 Å². The maximum atomic E-state index is 11.8. The lowest BCUT2D eigenvalue weighted by atomic mass is 10.4. The van der Waals surface area contributed by atoms with Gasteiger partial charge >= 0.3 is 6.18 Å². The van der Waals surface area contributed by atoms with E-state index in [1.807, 2.05) is 6.92 Å². The zero-order chi connectivity index (χ0) is 10.5. The van der Waals surface area contributed by atoms with E-state index in [4.69, 9.17) is 22.2 Å². The second-order valence-electron chi connectivity index (χ2n) is 3.07. The minimum atomic E-state index is -4.13. The lowest BCUT2D eigenvalue weighted by molar-refractivity contribution is -0.130. The van der Waals surface area contributed by atoms with E-state index >= 15 is 0 Å². The molecule has 6 heteroatoms. The second-order valence-corrected chi connectivity index (χ2v) is 10.7. The highest BCUT2D eigenvalue weighted by Gasteiger charge is 2.35. The summed E-state index contributed by atoms with van der Waals surface area (Å²) in [7, 11) is 0. The molecule has 0 fully saturated rings. The quantitative estimate of drug-likeness (QED) is 0.493. The third-order valence-electron chi connectivity index (χ3n) is 1.67. The molecule has 0 unspecified atom stereocenters. The first kappa shape index (κ1) is 13.6. The van der Waals surface area contributed by atoms with Crippen molar-refractivity contribution >= 4 is 28.9 Å². The van der Waals surface area contributed by atoms with E-state index in [0.717, 1.165) is 12.8 Å². The minimum Gasteiger partial charge on any atom is -0.171 e. The molecule has 0 aromatic carbocycles. The first-order valence-corrected chi connectivity index (χ1v) is 8.65. The molecule has 0 radical (unpaired) electrons. The van der Waals surface area contributed by atoms with Gasteiger partial charge < -0.3 is 0 Å². The fourth-order valence-corrected chi connectivity index (χ4v) is 4.02. The van der Waals surface area contributed by atoms with Crippen LogP contribution in [0.3, 0.4) is 0 Å². The normalized spacial score (nSPS) is 13.4. The Kier molecular flexibility index (Phi) is 5.71. The number of hydrogen-bond donors (Lipinski definition) is 0. The molecule has 0 N–H and O–H groups in total. The monoisotopic (exact) mass is 252 g/mol. The number of rotatable bonds is 5. The minimum absolute atomic E-state index is 0.0837. The SMILES string of the molecule is CCCC[Si](Cl)(Cl)CCC(F)(F)F. The van der Waals surface area contributed by atoms with Crippen molar-refractivity contribution < 1.29 is 13.2 Å². The molecule has 0 aliphatic carbocycles. The van der Waals surface area contributed by atoms with Gasteiger partial charge in [0.1, 0.15) is 0 Å². The zero-order valence-electron chi connectivity index (χ0n) is 7.43. The highest BCUT2D eigenvalue weighted by atomic mass is 35.7. The Labute approximate surface area is 86.8 Å². The molecule has 13 heavy (non-hydrogen) atoms. The summed E-state index contributed by atoms with van der Waals surface area (Å²) in [5, 5.41) is 0. The van der Waals surface area contributed by atoms with Crippen molar-refractivity contribution in [3.8, 4) is 0 Å². The number of hydrogen-bond acceptors (Lipinski definition) is 0. The lowest BCUT2D eigenvalue weighted by Gasteiger charge is -2.16. The molecule has 0 nitrogen and oxygen atoms in total. The van der Waals surface area contributed by atoms with Crippen LogP contribution in [0.4, 0.5) is 13.2 Å². The van der Waals surface area contributed by atoms with E-state index in [9.17, 15) is 13.2 Å². The van der Waals surface area contributed by atoms with Crippen LogP contribution < -0.4 is 0 Å². The molecular formula is C7H13Cl2F3Si. The maximum absolute atomic E-state index is 11.8. The molecule has 0 atom stereocenters. The molecule has 0 saturated heterocycles. The topological polar surface area (TPSA) is 0 Å². The Morgan fingerprint density at radius 1 is 1.15 bits per heavy atom.